The molecule has 1 aromatic heterocycles. The van der Waals surface area contributed by atoms with Crippen molar-refractivity contribution in [1.29, 1.82) is 0 Å². The first-order valence-corrected chi connectivity index (χ1v) is 6.57. The van der Waals surface area contributed by atoms with E-state index in [-0.39, 0.29) is 17.2 Å². The molecule has 0 spiro atoms. The molecule has 0 saturated carbocycles. The summed E-state index contributed by atoms with van der Waals surface area (Å²) in [5.41, 5.74) is 10.4. The van der Waals surface area contributed by atoms with Crippen molar-refractivity contribution >= 4 is 0 Å². The molecule has 4 heteroatoms. The number of nitrogens with zero attached hydrogens (tertiary/aromatic N) is 2. The number of phenols is 1. The van der Waals surface area contributed by atoms with Crippen LogP contribution in [0.15, 0.2) is 24.4 Å². The second kappa shape index (κ2) is 3.84. The van der Waals surface area contributed by atoms with Gasteiger partial charge in [-0.15, -0.1) is 0 Å². The molecule has 1 aliphatic carbocycles. The fraction of sp³-hybridized carbons (Fsp3) is 0.400. The Morgan fingerprint density at radius 1 is 1.37 bits per heavy atom. The summed E-state index contributed by atoms with van der Waals surface area (Å²) in [6.07, 6.45) is 1.93. The summed E-state index contributed by atoms with van der Waals surface area (Å²) in [5.74, 6) is 0.288. The molecule has 0 aliphatic heterocycles. The van der Waals surface area contributed by atoms with E-state index >= 15 is 0 Å². The average molecular weight is 257 g/mol. The Kier molecular flexibility index (Phi) is 2.47. The zero-order chi connectivity index (χ0) is 13.8. The van der Waals surface area contributed by atoms with Gasteiger partial charge in [0.1, 0.15) is 5.75 Å². The minimum Gasteiger partial charge on any atom is -0.508 e. The van der Waals surface area contributed by atoms with Gasteiger partial charge in [-0.1, -0.05) is 19.9 Å². The number of hydrogen-bond acceptors (Lipinski definition) is 3. The minimum absolute atomic E-state index is 0.0495. The smallest absolute Gasteiger partial charge is 0.116 e. The first-order chi connectivity index (χ1) is 8.91. The van der Waals surface area contributed by atoms with Crippen LogP contribution in [0.4, 0.5) is 0 Å². The van der Waals surface area contributed by atoms with E-state index in [1.165, 1.54) is 11.1 Å². The third-order valence-corrected chi connectivity index (χ3v) is 3.91. The third-order valence-electron chi connectivity index (χ3n) is 3.91. The van der Waals surface area contributed by atoms with E-state index < -0.39 is 0 Å². The molecule has 1 atom stereocenters. The molecule has 0 radical (unpaired) electrons. The van der Waals surface area contributed by atoms with E-state index in [4.69, 9.17) is 5.73 Å². The SMILES string of the molecule is CC(N)Cn1ncc2c1-c1cc(O)ccc1C2(C)C. The fourth-order valence-electron chi connectivity index (χ4n) is 2.96. The van der Waals surface area contributed by atoms with Gasteiger partial charge in [0.15, 0.2) is 0 Å². The van der Waals surface area contributed by atoms with Crippen molar-refractivity contribution in [3.05, 3.63) is 35.5 Å². The molecule has 4 nitrogen and oxygen atoms in total. The van der Waals surface area contributed by atoms with Crippen LogP contribution in [0, 0.1) is 0 Å². The lowest BCUT2D eigenvalue weighted by molar-refractivity contribution is 0.475. The Labute approximate surface area is 112 Å². The molecule has 1 aliphatic rings. The van der Waals surface area contributed by atoms with Crippen LogP contribution in [-0.2, 0) is 12.0 Å². The third kappa shape index (κ3) is 1.67. The van der Waals surface area contributed by atoms with Crippen molar-refractivity contribution in [3.63, 3.8) is 0 Å². The van der Waals surface area contributed by atoms with Crippen molar-refractivity contribution in [3.8, 4) is 17.0 Å². The molecule has 0 fully saturated rings. The summed E-state index contributed by atoms with van der Waals surface area (Å²) < 4.78 is 1.95. The number of rotatable bonds is 2. The predicted molar refractivity (Wildman–Crippen MR) is 75.1 cm³/mol. The maximum absolute atomic E-state index is 9.75. The van der Waals surface area contributed by atoms with Gasteiger partial charge in [-0.2, -0.15) is 5.10 Å². The lowest BCUT2D eigenvalue weighted by Gasteiger charge is -2.19. The van der Waals surface area contributed by atoms with Crippen molar-refractivity contribution in [1.82, 2.24) is 9.78 Å². The van der Waals surface area contributed by atoms with Crippen LogP contribution in [0.2, 0.25) is 0 Å². The van der Waals surface area contributed by atoms with Gasteiger partial charge in [-0.25, -0.2) is 0 Å². The topological polar surface area (TPSA) is 64.1 Å². The van der Waals surface area contributed by atoms with Crippen molar-refractivity contribution < 1.29 is 5.11 Å². The highest BCUT2D eigenvalue weighted by atomic mass is 16.3. The Balaban J connectivity index is 2.24. The highest BCUT2D eigenvalue weighted by Crippen LogP contribution is 2.49. The van der Waals surface area contributed by atoms with Crippen LogP contribution in [0.3, 0.4) is 0 Å². The number of nitrogens with two attached hydrogens (primary N) is 1. The Hall–Kier alpha value is -1.81. The molecule has 0 saturated heterocycles. The zero-order valence-electron chi connectivity index (χ0n) is 11.5. The van der Waals surface area contributed by atoms with E-state index in [0.717, 1.165) is 11.3 Å². The quantitative estimate of drug-likeness (QED) is 0.867. The molecule has 19 heavy (non-hydrogen) atoms. The van der Waals surface area contributed by atoms with Crippen LogP contribution in [0.5, 0.6) is 5.75 Å². The standard InChI is InChI=1S/C15H19N3O/c1-9(16)8-18-14-11-6-10(19)4-5-12(11)15(2,3)13(14)7-17-18/h4-7,9,19H,8,16H2,1-3H3. The summed E-state index contributed by atoms with van der Waals surface area (Å²) in [6.45, 7) is 7.03. The van der Waals surface area contributed by atoms with Gasteiger partial charge in [0.2, 0.25) is 0 Å². The van der Waals surface area contributed by atoms with Gasteiger partial charge >= 0.3 is 0 Å². The van der Waals surface area contributed by atoms with Crippen molar-refractivity contribution in [2.45, 2.75) is 38.8 Å². The summed E-state index contributed by atoms with van der Waals surface area (Å²) in [6, 6.07) is 5.62. The van der Waals surface area contributed by atoms with Gasteiger partial charge in [0, 0.05) is 22.6 Å². The summed E-state index contributed by atoms with van der Waals surface area (Å²) in [7, 11) is 0. The number of phenolic OH excluding ortho intramolecular Hbond substituents is 1. The molecule has 3 rings (SSSR count). The fourth-order valence-corrected chi connectivity index (χ4v) is 2.96. The van der Waals surface area contributed by atoms with E-state index in [1.54, 1.807) is 6.07 Å². The lowest BCUT2D eigenvalue weighted by Crippen LogP contribution is -2.23. The Morgan fingerprint density at radius 2 is 2.11 bits per heavy atom. The van der Waals surface area contributed by atoms with Crippen molar-refractivity contribution in [2.75, 3.05) is 0 Å². The largest absolute Gasteiger partial charge is 0.508 e. The minimum atomic E-state index is -0.0749. The number of benzene rings is 1. The second-order valence-corrected chi connectivity index (χ2v) is 5.92. The summed E-state index contributed by atoms with van der Waals surface area (Å²) in [4.78, 5) is 0. The second-order valence-electron chi connectivity index (χ2n) is 5.92. The molecule has 3 N–H and O–H groups in total. The van der Waals surface area contributed by atoms with Crippen molar-refractivity contribution in [2.24, 2.45) is 5.73 Å². The number of hydrogen-bond donors (Lipinski definition) is 2. The van der Waals surface area contributed by atoms with E-state index in [0.29, 0.717) is 6.54 Å². The monoisotopic (exact) mass is 257 g/mol. The number of fused-ring (bicyclic) bond motifs is 3. The van der Waals surface area contributed by atoms with Gasteiger partial charge in [0.05, 0.1) is 18.4 Å². The molecule has 1 heterocycles. The first-order valence-electron chi connectivity index (χ1n) is 6.57. The van der Waals surface area contributed by atoms with Crippen LogP contribution in [0.1, 0.15) is 31.9 Å². The molecule has 1 unspecified atom stereocenters. The number of aromatic hydroxyl groups is 1. The first kappa shape index (κ1) is 12.2. The molecule has 1 aromatic carbocycles. The maximum atomic E-state index is 9.75. The highest BCUT2D eigenvalue weighted by molar-refractivity contribution is 5.79. The van der Waals surface area contributed by atoms with Crippen LogP contribution < -0.4 is 5.73 Å². The Morgan fingerprint density at radius 3 is 2.79 bits per heavy atom. The predicted octanol–water partition coefficient (Wildman–Crippen LogP) is 2.24. The molecule has 100 valence electrons. The van der Waals surface area contributed by atoms with Gasteiger partial charge in [-0.3, -0.25) is 4.68 Å². The van der Waals surface area contributed by atoms with Gasteiger partial charge < -0.3 is 10.8 Å². The van der Waals surface area contributed by atoms with Crippen LogP contribution in [-0.4, -0.2) is 20.9 Å². The van der Waals surface area contributed by atoms with E-state index in [1.807, 2.05) is 29.9 Å². The van der Waals surface area contributed by atoms with Crippen LogP contribution >= 0.6 is 0 Å². The molecule has 0 bridgehead atoms. The normalized spacial score (nSPS) is 17.1. The maximum Gasteiger partial charge on any atom is 0.116 e. The lowest BCUT2D eigenvalue weighted by atomic mass is 9.83. The molecule has 0 amide bonds. The molecular formula is C15H19N3O. The van der Waals surface area contributed by atoms with E-state index in [9.17, 15) is 5.11 Å². The summed E-state index contributed by atoms with van der Waals surface area (Å²) >= 11 is 0. The molecular weight excluding hydrogens is 238 g/mol. The van der Waals surface area contributed by atoms with E-state index in [2.05, 4.69) is 18.9 Å². The van der Waals surface area contributed by atoms with Crippen LogP contribution in [0.25, 0.3) is 11.3 Å². The highest BCUT2D eigenvalue weighted by Gasteiger charge is 2.38. The molecule has 2 aromatic rings. The average Bonchev–Trinajstić information content (AvgIpc) is 2.79. The van der Waals surface area contributed by atoms with Gasteiger partial charge in [0.25, 0.3) is 0 Å². The number of aromatic nitrogens is 2. The summed E-state index contributed by atoms with van der Waals surface area (Å²) in [5, 5.41) is 14.2. The Bertz CT molecular complexity index is 641. The zero-order valence-corrected chi connectivity index (χ0v) is 11.5. The van der Waals surface area contributed by atoms with Gasteiger partial charge in [-0.05, 0) is 24.6 Å².